The number of fused-ring (bicyclic) bond motifs is 1. The predicted octanol–water partition coefficient (Wildman–Crippen LogP) is 2.68. The Balaban J connectivity index is 2.18. The van der Waals surface area contributed by atoms with Gasteiger partial charge in [0.25, 0.3) is 0 Å². The van der Waals surface area contributed by atoms with E-state index < -0.39 is 0 Å². The van der Waals surface area contributed by atoms with E-state index in [4.69, 9.17) is 9.47 Å². The van der Waals surface area contributed by atoms with Crippen molar-refractivity contribution in [2.75, 3.05) is 13.2 Å². The minimum atomic E-state index is -0.301. The van der Waals surface area contributed by atoms with Gasteiger partial charge < -0.3 is 9.47 Å². The topological polar surface area (TPSA) is 47.1 Å². The lowest BCUT2D eigenvalue weighted by atomic mass is 10.1. The maximum atomic E-state index is 5.49. The van der Waals surface area contributed by atoms with Crippen LogP contribution in [0.1, 0.15) is 17.5 Å². The maximum absolute atomic E-state index is 5.49. The highest BCUT2D eigenvalue weighted by Crippen LogP contribution is 2.31. The van der Waals surface area contributed by atoms with Crippen molar-refractivity contribution in [2.45, 2.75) is 13.2 Å². The number of aryl methyl sites for hydroxylation is 1. The number of benzene rings is 1. The van der Waals surface area contributed by atoms with Crippen LogP contribution in [0.3, 0.4) is 0 Å². The Morgan fingerprint density at radius 1 is 1.38 bits per heavy atom. The van der Waals surface area contributed by atoms with Crippen LogP contribution in [0.15, 0.2) is 16.6 Å². The molecule has 84 valence electrons. The lowest BCUT2D eigenvalue weighted by Crippen LogP contribution is -1.99. The number of H-pyrrole nitrogens is 1. The van der Waals surface area contributed by atoms with E-state index in [1.165, 1.54) is 0 Å². The zero-order valence-electron chi connectivity index (χ0n) is 8.79. The molecular weight excluding hydrogens is 272 g/mol. The van der Waals surface area contributed by atoms with Gasteiger partial charge in [0.05, 0.1) is 24.4 Å². The van der Waals surface area contributed by atoms with Crippen molar-refractivity contribution in [3.8, 4) is 0 Å². The molecule has 1 saturated heterocycles. The molecular formula is C11H11BrN2O2. The van der Waals surface area contributed by atoms with Crippen molar-refractivity contribution in [3.63, 3.8) is 0 Å². The zero-order chi connectivity index (χ0) is 11.1. The maximum Gasteiger partial charge on any atom is 0.201 e. The Bertz CT molecular complexity index is 532. The number of aromatic amines is 1. The minimum Gasteiger partial charge on any atom is -0.345 e. The Morgan fingerprint density at radius 2 is 2.12 bits per heavy atom. The van der Waals surface area contributed by atoms with E-state index in [-0.39, 0.29) is 6.29 Å². The largest absolute Gasteiger partial charge is 0.345 e. The third-order valence-corrected chi connectivity index (χ3v) is 3.16. The van der Waals surface area contributed by atoms with Crippen molar-refractivity contribution in [3.05, 3.63) is 27.9 Å². The number of nitrogens with zero attached hydrogens (tertiary/aromatic N) is 1. The number of ether oxygens (including phenoxy) is 2. The first-order chi connectivity index (χ1) is 7.75. The average molecular weight is 283 g/mol. The molecule has 2 aromatic rings. The molecule has 0 bridgehead atoms. The molecule has 1 aromatic carbocycles. The first-order valence-corrected chi connectivity index (χ1v) is 5.92. The van der Waals surface area contributed by atoms with Gasteiger partial charge in [-0.05, 0) is 24.6 Å². The van der Waals surface area contributed by atoms with Gasteiger partial charge in [0.1, 0.15) is 0 Å². The van der Waals surface area contributed by atoms with Gasteiger partial charge in [0, 0.05) is 9.86 Å². The highest BCUT2D eigenvalue weighted by atomic mass is 79.9. The van der Waals surface area contributed by atoms with Crippen LogP contribution >= 0.6 is 15.9 Å². The first-order valence-electron chi connectivity index (χ1n) is 5.13. The molecule has 0 saturated carbocycles. The number of hydrogen-bond acceptors (Lipinski definition) is 3. The van der Waals surface area contributed by atoms with Gasteiger partial charge in [0.2, 0.25) is 6.29 Å². The Hall–Kier alpha value is -0.910. The van der Waals surface area contributed by atoms with Gasteiger partial charge in [-0.15, -0.1) is 0 Å². The van der Waals surface area contributed by atoms with Gasteiger partial charge in [-0.3, -0.25) is 5.10 Å². The fourth-order valence-corrected chi connectivity index (χ4v) is 2.60. The third kappa shape index (κ3) is 1.55. The molecule has 0 unspecified atom stereocenters. The van der Waals surface area contributed by atoms with Crippen LogP contribution in [0.25, 0.3) is 10.9 Å². The molecule has 1 fully saturated rings. The summed E-state index contributed by atoms with van der Waals surface area (Å²) in [6.45, 7) is 3.34. The van der Waals surface area contributed by atoms with Crippen molar-refractivity contribution in [1.29, 1.82) is 0 Å². The van der Waals surface area contributed by atoms with E-state index in [1.54, 1.807) is 0 Å². The fraction of sp³-hybridized carbons (Fsp3) is 0.364. The zero-order valence-corrected chi connectivity index (χ0v) is 10.4. The van der Waals surface area contributed by atoms with E-state index in [9.17, 15) is 0 Å². The SMILES string of the molecule is Cc1cc(Br)cc2n[nH]c(C3OCCO3)c12. The number of nitrogens with one attached hydrogen (secondary N) is 1. The van der Waals surface area contributed by atoms with Crippen LogP contribution in [0.4, 0.5) is 0 Å². The molecule has 2 heterocycles. The second-order valence-corrected chi connectivity index (χ2v) is 4.74. The average Bonchev–Trinajstić information content (AvgIpc) is 2.82. The summed E-state index contributed by atoms with van der Waals surface area (Å²) in [6.07, 6.45) is -0.301. The summed E-state index contributed by atoms with van der Waals surface area (Å²) in [5, 5.41) is 8.37. The number of halogens is 1. The Kier molecular flexibility index (Phi) is 2.46. The molecule has 0 atom stereocenters. The summed E-state index contributed by atoms with van der Waals surface area (Å²) >= 11 is 3.46. The van der Waals surface area contributed by atoms with Crippen molar-refractivity contribution in [1.82, 2.24) is 10.2 Å². The molecule has 1 N–H and O–H groups in total. The Morgan fingerprint density at radius 3 is 2.88 bits per heavy atom. The number of rotatable bonds is 1. The van der Waals surface area contributed by atoms with Crippen molar-refractivity contribution < 1.29 is 9.47 Å². The summed E-state index contributed by atoms with van der Waals surface area (Å²) in [6, 6.07) is 4.05. The Labute approximate surface area is 101 Å². The van der Waals surface area contributed by atoms with E-state index in [2.05, 4.69) is 39.1 Å². The monoisotopic (exact) mass is 282 g/mol. The lowest BCUT2D eigenvalue weighted by molar-refractivity contribution is -0.0462. The second-order valence-electron chi connectivity index (χ2n) is 3.83. The standard InChI is InChI=1S/C11H11BrN2O2/c1-6-4-7(12)5-8-9(6)10(14-13-8)11-15-2-3-16-11/h4-5,11H,2-3H2,1H3,(H,13,14). The van der Waals surface area contributed by atoms with Gasteiger partial charge >= 0.3 is 0 Å². The molecule has 3 rings (SSSR count). The van der Waals surface area contributed by atoms with Crippen molar-refractivity contribution >= 4 is 26.8 Å². The number of hydrogen-bond donors (Lipinski definition) is 1. The highest BCUT2D eigenvalue weighted by Gasteiger charge is 2.23. The predicted molar refractivity (Wildman–Crippen MR) is 63.2 cm³/mol. The molecule has 5 heteroatoms. The van der Waals surface area contributed by atoms with Crippen LogP contribution in [0, 0.1) is 6.92 Å². The second kappa shape index (κ2) is 3.84. The molecule has 16 heavy (non-hydrogen) atoms. The summed E-state index contributed by atoms with van der Waals surface area (Å²) < 4.78 is 12.0. The third-order valence-electron chi connectivity index (χ3n) is 2.70. The molecule has 0 radical (unpaired) electrons. The summed E-state index contributed by atoms with van der Waals surface area (Å²) in [4.78, 5) is 0. The van der Waals surface area contributed by atoms with Gasteiger partial charge in [-0.1, -0.05) is 15.9 Å². The quantitative estimate of drug-likeness (QED) is 0.875. The molecule has 1 aromatic heterocycles. The normalized spacial score (nSPS) is 17.4. The van der Waals surface area contributed by atoms with Gasteiger partial charge in [-0.2, -0.15) is 5.10 Å². The summed E-state index contributed by atoms with van der Waals surface area (Å²) in [5.74, 6) is 0. The molecule has 0 aliphatic carbocycles. The van der Waals surface area contributed by atoms with E-state index in [0.29, 0.717) is 13.2 Å². The van der Waals surface area contributed by atoms with E-state index in [0.717, 1.165) is 26.6 Å². The molecule has 4 nitrogen and oxygen atoms in total. The van der Waals surface area contributed by atoms with Crippen LogP contribution in [0.5, 0.6) is 0 Å². The van der Waals surface area contributed by atoms with Gasteiger partial charge in [-0.25, -0.2) is 0 Å². The lowest BCUT2D eigenvalue weighted by Gasteiger charge is -2.07. The van der Waals surface area contributed by atoms with E-state index in [1.807, 2.05) is 6.07 Å². The summed E-state index contributed by atoms with van der Waals surface area (Å²) in [5.41, 5.74) is 3.01. The minimum absolute atomic E-state index is 0.301. The van der Waals surface area contributed by atoms with Crippen LogP contribution in [-0.4, -0.2) is 23.4 Å². The molecule has 0 spiro atoms. The van der Waals surface area contributed by atoms with E-state index >= 15 is 0 Å². The molecule has 0 amide bonds. The highest BCUT2D eigenvalue weighted by molar-refractivity contribution is 9.10. The molecule has 1 aliphatic heterocycles. The first kappa shape index (κ1) is 10.3. The fourth-order valence-electron chi connectivity index (χ4n) is 2.04. The number of aromatic nitrogens is 2. The van der Waals surface area contributed by atoms with Crippen LogP contribution in [0.2, 0.25) is 0 Å². The smallest absolute Gasteiger partial charge is 0.201 e. The van der Waals surface area contributed by atoms with Crippen LogP contribution in [-0.2, 0) is 9.47 Å². The van der Waals surface area contributed by atoms with Crippen LogP contribution < -0.4 is 0 Å². The van der Waals surface area contributed by atoms with Gasteiger partial charge in [0.15, 0.2) is 0 Å². The molecule has 1 aliphatic rings. The van der Waals surface area contributed by atoms with Crippen molar-refractivity contribution in [2.24, 2.45) is 0 Å². The summed E-state index contributed by atoms with van der Waals surface area (Å²) in [7, 11) is 0.